The number of rotatable bonds is 5. The van der Waals surface area contributed by atoms with Gasteiger partial charge in [0.2, 0.25) is 5.91 Å². The van der Waals surface area contributed by atoms with Gasteiger partial charge in [0.25, 0.3) is 10.1 Å². The van der Waals surface area contributed by atoms with Crippen LogP contribution in [0.5, 0.6) is 0 Å². The minimum Gasteiger partial charge on any atom is -0.368 e. The molecule has 0 saturated heterocycles. The second-order valence-electron chi connectivity index (χ2n) is 5.41. The summed E-state index contributed by atoms with van der Waals surface area (Å²) in [7, 11) is -3.67. The Morgan fingerprint density at radius 1 is 1.20 bits per heavy atom. The third kappa shape index (κ3) is 8.39. The highest BCUT2D eigenvalue weighted by Crippen LogP contribution is 2.22. The van der Waals surface area contributed by atoms with Crippen LogP contribution in [-0.4, -0.2) is 31.2 Å². The molecule has 2 aromatic carbocycles. The Labute approximate surface area is 146 Å². The number of hydrogen-bond acceptors (Lipinski definition) is 4. The van der Waals surface area contributed by atoms with Crippen molar-refractivity contribution >= 4 is 16.0 Å². The number of hydrogen-bond donors (Lipinski definition) is 3. The largest absolute Gasteiger partial charge is 0.368 e. The molecule has 4 N–H and O–H groups in total. The Kier molecular flexibility index (Phi) is 7.69. The standard InChI is InChI=1S/C16H17FN2O.CH4O3S/c1-11(16(18)20)19-10-12-6-8-13(9-7-12)14-4-2-3-5-15(14)17;1-5(2,3)4/h2-9,11,19H,10H2,1H3,(H2,18,20);1H3,(H,2,3,4)/t11-;/m0./s1. The van der Waals surface area contributed by atoms with Gasteiger partial charge < -0.3 is 11.1 Å². The molecule has 6 nitrogen and oxygen atoms in total. The van der Waals surface area contributed by atoms with E-state index in [1.165, 1.54) is 6.07 Å². The van der Waals surface area contributed by atoms with Crippen molar-refractivity contribution in [3.63, 3.8) is 0 Å². The smallest absolute Gasteiger partial charge is 0.261 e. The first-order valence-electron chi connectivity index (χ1n) is 7.37. The molecular weight excluding hydrogens is 347 g/mol. The van der Waals surface area contributed by atoms with Gasteiger partial charge in [0, 0.05) is 12.1 Å². The van der Waals surface area contributed by atoms with Crippen LogP contribution < -0.4 is 11.1 Å². The first-order chi connectivity index (χ1) is 11.6. The molecule has 1 amide bonds. The Morgan fingerprint density at radius 2 is 1.72 bits per heavy atom. The average Bonchev–Trinajstić information content (AvgIpc) is 2.52. The third-order valence-corrected chi connectivity index (χ3v) is 3.18. The van der Waals surface area contributed by atoms with Crippen LogP contribution in [0.2, 0.25) is 0 Å². The normalized spacial score (nSPS) is 12.0. The second-order valence-corrected chi connectivity index (χ2v) is 6.88. The van der Waals surface area contributed by atoms with Gasteiger partial charge in [-0.05, 0) is 24.1 Å². The van der Waals surface area contributed by atoms with Gasteiger partial charge in [-0.2, -0.15) is 8.42 Å². The fraction of sp³-hybridized carbons (Fsp3) is 0.235. The van der Waals surface area contributed by atoms with Gasteiger partial charge in [-0.15, -0.1) is 0 Å². The maximum absolute atomic E-state index is 13.7. The van der Waals surface area contributed by atoms with E-state index in [2.05, 4.69) is 5.32 Å². The predicted octanol–water partition coefficient (Wildman–Crippen LogP) is 1.96. The van der Waals surface area contributed by atoms with Crippen LogP contribution in [0.25, 0.3) is 11.1 Å². The van der Waals surface area contributed by atoms with Crippen molar-refractivity contribution in [2.24, 2.45) is 5.73 Å². The molecule has 0 heterocycles. The van der Waals surface area contributed by atoms with Crippen LogP contribution in [0.3, 0.4) is 0 Å². The number of amides is 1. The summed E-state index contributed by atoms with van der Waals surface area (Å²) in [6, 6.07) is 13.8. The zero-order valence-electron chi connectivity index (χ0n) is 13.9. The lowest BCUT2D eigenvalue weighted by atomic mass is 10.0. The molecule has 0 aliphatic rings. The summed E-state index contributed by atoms with van der Waals surface area (Å²) >= 11 is 0. The van der Waals surface area contributed by atoms with Crippen molar-refractivity contribution in [3.8, 4) is 11.1 Å². The third-order valence-electron chi connectivity index (χ3n) is 3.18. The number of carbonyl (C=O) groups is 1. The van der Waals surface area contributed by atoms with Gasteiger partial charge in [-0.3, -0.25) is 9.35 Å². The van der Waals surface area contributed by atoms with E-state index in [-0.39, 0.29) is 17.8 Å². The Morgan fingerprint density at radius 3 is 2.20 bits per heavy atom. The van der Waals surface area contributed by atoms with Gasteiger partial charge in [0.1, 0.15) is 5.82 Å². The first-order valence-corrected chi connectivity index (χ1v) is 9.21. The SMILES string of the molecule is CS(=O)(=O)O.C[C@H](NCc1ccc(-c2ccccc2F)cc1)C(N)=O. The lowest BCUT2D eigenvalue weighted by Gasteiger charge is -2.10. The summed E-state index contributed by atoms with van der Waals surface area (Å²) in [4.78, 5) is 10.9. The topological polar surface area (TPSA) is 109 Å². The molecule has 136 valence electrons. The number of nitrogens with one attached hydrogen (secondary N) is 1. The van der Waals surface area contributed by atoms with Crippen molar-refractivity contribution in [2.45, 2.75) is 19.5 Å². The quantitative estimate of drug-likeness (QED) is 0.699. The summed E-state index contributed by atoms with van der Waals surface area (Å²) in [6.45, 7) is 2.26. The van der Waals surface area contributed by atoms with Crippen LogP contribution in [0, 0.1) is 5.82 Å². The van der Waals surface area contributed by atoms with Crippen molar-refractivity contribution in [1.29, 1.82) is 0 Å². The monoisotopic (exact) mass is 368 g/mol. The molecule has 1 atom stereocenters. The van der Waals surface area contributed by atoms with E-state index in [0.717, 1.165) is 11.1 Å². The Balaban J connectivity index is 0.000000550. The maximum atomic E-state index is 13.7. The van der Waals surface area contributed by atoms with E-state index < -0.39 is 10.1 Å². The van der Waals surface area contributed by atoms with Gasteiger partial charge in [0.15, 0.2) is 0 Å². The highest BCUT2D eigenvalue weighted by atomic mass is 32.2. The molecule has 0 fully saturated rings. The molecule has 0 bridgehead atoms. The van der Waals surface area contributed by atoms with E-state index in [1.54, 1.807) is 19.1 Å². The minimum absolute atomic E-state index is 0.235. The zero-order chi connectivity index (χ0) is 19.0. The molecule has 0 aliphatic carbocycles. The molecule has 25 heavy (non-hydrogen) atoms. The van der Waals surface area contributed by atoms with Crippen molar-refractivity contribution in [1.82, 2.24) is 5.32 Å². The Bertz CT molecular complexity index is 800. The number of nitrogens with two attached hydrogens (primary N) is 1. The summed E-state index contributed by atoms with van der Waals surface area (Å²) < 4.78 is 39.5. The van der Waals surface area contributed by atoms with Gasteiger partial charge >= 0.3 is 0 Å². The fourth-order valence-corrected chi connectivity index (χ4v) is 1.87. The van der Waals surface area contributed by atoms with Crippen molar-refractivity contribution < 1.29 is 22.2 Å². The maximum Gasteiger partial charge on any atom is 0.261 e. The molecule has 0 aliphatic heterocycles. The number of halogens is 1. The van der Waals surface area contributed by atoms with Crippen LogP contribution in [0.1, 0.15) is 12.5 Å². The molecule has 2 rings (SSSR count). The van der Waals surface area contributed by atoms with E-state index in [9.17, 15) is 17.6 Å². The van der Waals surface area contributed by atoms with E-state index in [0.29, 0.717) is 18.4 Å². The molecule has 0 aromatic heterocycles. The summed E-state index contributed by atoms with van der Waals surface area (Å²) in [5, 5.41) is 3.02. The fourth-order valence-electron chi connectivity index (χ4n) is 1.87. The van der Waals surface area contributed by atoms with Crippen molar-refractivity contribution in [3.05, 3.63) is 59.9 Å². The van der Waals surface area contributed by atoms with Gasteiger partial charge in [0.05, 0.1) is 12.3 Å². The molecule has 0 radical (unpaired) electrons. The minimum atomic E-state index is -3.67. The number of carbonyl (C=O) groups excluding carboxylic acids is 1. The molecule has 8 heteroatoms. The molecular formula is C17H21FN2O4S. The summed E-state index contributed by atoms with van der Waals surface area (Å²) in [6.07, 6.45) is 0.715. The van der Waals surface area contributed by atoms with Crippen LogP contribution in [-0.2, 0) is 21.5 Å². The molecule has 0 spiro atoms. The lowest BCUT2D eigenvalue weighted by molar-refractivity contribution is -0.119. The van der Waals surface area contributed by atoms with E-state index in [4.69, 9.17) is 10.3 Å². The molecule has 0 saturated carbocycles. The number of benzene rings is 2. The molecule has 0 unspecified atom stereocenters. The average molecular weight is 368 g/mol. The van der Waals surface area contributed by atoms with Gasteiger partial charge in [-0.1, -0.05) is 42.5 Å². The van der Waals surface area contributed by atoms with Crippen LogP contribution >= 0.6 is 0 Å². The first kappa shape index (κ1) is 20.8. The van der Waals surface area contributed by atoms with Crippen molar-refractivity contribution in [2.75, 3.05) is 6.26 Å². The lowest BCUT2D eigenvalue weighted by Crippen LogP contribution is -2.38. The second kappa shape index (κ2) is 9.26. The molecule has 2 aromatic rings. The number of primary amides is 1. The van der Waals surface area contributed by atoms with Gasteiger partial charge in [-0.25, -0.2) is 4.39 Å². The summed E-state index contributed by atoms with van der Waals surface area (Å²) in [5.74, 6) is -0.617. The zero-order valence-corrected chi connectivity index (χ0v) is 14.8. The van der Waals surface area contributed by atoms with E-state index in [1.807, 2.05) is 30.3 Å². The van der Waals surface area contributed by atoms with Crippen LogP contribution in [0.15, 0.2) is 48.5 Å². The van der Waals surface area contributed by atoms with E-state index >= 15 is 0 Å². The van der Waals surface area contributed by atoms with Crippen LogP contribution in [0.4, 0.5) is 4.39 Å². The Hall–Kier alpha value is -2.29. The highest BCUT2D eigenvalue weighted by Gasteiger charge is 2.07. The highest BCUT2D eigenvalue weighted by molar-refractivity contribution is 7.85. The summed E-state index contributed by atoms with van der Waals surface area (Å²) in [5.41, 5.74) is 7.60. The predicted molar refractivity (Wildman–Crippen MR) is 94.8 cm³/mol.